The van der Waals surface area contributed by atoms with Crippen molar-refractivity contribution in [1.82, 2.24) is 5.32 Å². The molecule has 12 atom stereocenters. The van der Waals surface area contributed by atoms with Crippen molar-refractivity contribution in [2.24, 2.45) is 0 Å². The molecule has 2 rings (SSSR count). The van der Waals surface area contributed by atoms with Crippen LogP contribution in [0.2, 0.25) is 0 Å². The molecule has 14 heteroatoms. The summed E-state index contributed by atoms with van der Waals surface area (Å²) in [7, 11) is 0. The normalized spacial score (nSPS) is 26.5. The first-order chi connectivity index (χ1) is 33.6. The number of aliphatic hydroxyl groups excluding tert-OH is 8. The number of hydrogen-bond donors (Lipinski definition) is 9. The Kier molecular flexibility index (Phi) is 37.9. The average Bonchev–Trinajstić information content (AvgIpc) is 3.35. The zero-order chi connectivity index (χ0) is 50.3. The van der Waals surface area contributed by atoms with E-state index in [0.29, 0.717) is 12.8 Å². The minimum atomic E-state index is -1.79. The molecule has 2 fully saturated rings. The molecule has 1 amide bonds. The minimum Gasteiger partial charge on any atom is -0.394 e. The van der Waals surface area contributed by atoms with Gasteiger partial charge in [0.2, 0.25) is 5.91 Å². The summed E-state index contributed by atoms with van der Waals surface area (Å²) < 4.78 is 22.7. The third-order valence-corrected chi connectivity index (χ3v) is 13.2. The molecule has 402 valence electrons. The molecule has 0 aromatic rings. The highest BCUT2D eigenvalue weighted by molar-refractivity contribution is 5.76. The molecule has 0 radical (unpaired) electrons. The van der Waals surface area contributed by atoms with E-state index in [1.807, 2.05) is 6.08 Å². The molecule has 0 aromatic heterocycles. The SMILES string of the molecule is CCCCC/C=C\CCCCCCCC(=O)NC(COC1OC(CO)C(OC2OC(CO)C(O)C(O)C2O)C(O)C1O)C(O)/C=C/CC/C=C/CC/C=C/CCCCCCCCCCCCCCC. The Labute approximate surface area is 416 Å². The van der Waals surface area contributed by atoms with Crippen molar-refractivity contribution in [3.63, 3.8) is 0 Å². The molecule has 2 saturated heterocycles. The summed E-state index contributed by atoms with van der Waals surface area (Å²) in [5.41, 5.74) is 0. The van der Waals surface area contributed by atoms with Gasteiger partial charge < -0.3 is 65.1 Å². The summed E-state index contributed by atoms with van der Waals surface area (Å²) >= 11 is 0. The third-order valence-electron chi connectivity index (χ3n) is 13.2. The van der Waals surface area contributed by atoms with Crippen LogP contribution >= 0.6 is 0 Å². The van der Waals surface area contributed by atoms with Gasteiger partial charge in [-0.1, -0.05) is 172 Å². The van der Waals surface area contributed by atoms with E-state index >= 15 is 0 Å². The van der Waals surface area contributed by atoms with Gasteiger partial charge in [-0.15, -0.1) is 0 Å². The van der Waals surface area contributed by atoms with Gasteiger partial charge in [-0.3, -0.25) is 4.79 Å². The Bertz CT molecular complexity index is 1340. The molecule has 2 aliphatic heterocycles. The van der Waals surface area contributed by atoms with Crippen molar-refractivity contribution in [2.75, 3.05) is 19.8 Å². The second-order valence-corrected chi connectivity index (χ2v) is 19.3. The Morgan fingerprint density at radius 3 is 1.45 bits per heavy atom. The van der Waals surface area contributed by atoms with E-state index in [0.717, 1.165) is 64.2 Å². The second-order valence-electron chi connectivity index (χ2n) is 19.3. The van der Waals surface area contributed by atoms with Crippen LogP contribution in [0.1, 0.15) is 200 Å². The number of ether oxygens (including phenoxy) is 4. The number of carbonyl (C=O) groups excluding carboxylic acids is 1. The highest BCUT2D eigenvalue weighted by Crippen LogP contribution is 2.30. The molecule has 2 aliphatic rings. The summed E-state index contributed by atoms with van der Waals surface area (Å²) in [6.07, 6.45) is 33.0. The van der Waals surface area contributed by atoms with E-state index in [2.05, 4.69) is 55.6 Å². The number of hydrogen-bond acceptors (Lipinski definition) is 13. The molecule has 9 N–H and O–H groups in total. The van der Waals surface area contributed by atoms with Crippen LogP contribution in [0.4, 0.5) is 0 Å². The van der Waals surface area contributed by atoms with Crippen LogP contribution in [0.15, 0.2) is 48.6 Å². The smallest absolute Gasteiger partial charge is 0.220 e. The summed E-state index contributed by atoms with van der Waals surface area (Å²) in [4.78, 5) is 13.2. The van der Waals surface area contributed by atoms with Gasteiger partial charge >= 0.3 is 0 Å². The molecule has 0 aromatic carbocycles. The topological polar surface area (TPSA) is 228 Å². The standard InChI is InChI=1S/C55H99NO13/c1-3-5-7-9-11-13-15-17-18-19-20-21-22-23-24-25-26-27-28-30-32-34-36-38-44(59)43(56-47(60)39-37-35-33-31-29-16-14-12-10-8-6-4-2)42-66-54-52(65)50(63)53(46(41-58)68-54)69-55-51(64)49(62)48(61)45(40-57)67-55/h12,14,24-25,28,30,36,38,43-46,48-55,57-59,61-65H,3-11,13,15-23,26-27,29,31-35,37,39-42H2,1-2H3,(H,56,60)/b14-12-,25-24+,30-28+,38-36+. The number of unbranched alkanes of at least 4 members (excludes halogenated alkanes) is 23. The highest BCUT2D eigenvalue weighted by atomic mass is 16.7. The Hall–Kier alpha value is -2.05. The monoisotopic (exact) mass is 982 g/mol. The largest absolute Gasteiger partial charge is 0.394 e. The van der Waals surface area contributed by atoms with Crippen molar-refractivity contribution < 1.29 is 64.6 Å². The Balaban J connectivity index is 1.82. The third kappa shape index (κ3) is 28.1. The lowest BCUT2D eigenvalue weighted by Crippen LogP contribution is -2.65. The van der Waals surface area contributed by atoms with Crippen LogP contribution < -0.4 is 5.32 Å². The lowest BCUT2D eigenvalue weighted by molar-refractivity contribution is -0.359. The summed E-state index contributed by atoms with van der Waals surface area (Å²) in [5, 5.41) is 86.8. The first-order valence-electron chi connectivity index (χ1n) is 27.4. The fourth-order valence-electron chi connectivity index (χ4n) is 8.73. The van der Waals surface area contributed by atoms with Crippen molar-refractivity contribution in [3.05, 3.63) is 48.6 Å². The Morgan fingerprint density at radius 2 is 0.928 bits per heavy atom. The van der Waals surface area contributed by atoms with E-state index in [9.17, 15) is 45.6 Å². The molecule has 0 bridgehead atoms. The highest BCUT2D eigenvalue weighted by Gasteiger charge is 2.51. The maximum atomic E-state index is 13.2. The van der Waals surface area contributed by atoms with Gasteiger partial charge in [0.15, 0.2) is 12.6 Å². The molecule has 12 unspecified atom stereocenters. The number of amides is 1. The first-order valence-corrected chi connectivity index (χ1v) is 27.4. The fourth-order valence-corrected chi connectivity index (χ4v) is 8.73. The Morgan fingerprint density at radius 1 is 0.507 bits per heavy atom. The quantitative estimate of drug-likeness (QED) is 0.0209. The van der Waals surface area contributed by atoms with Crippen molar-refractivity contribution in [1.29, 1.82) is 0 Å². The summed E-state index contributed by atoms with van der Waals surface area (Å²) in [6, 6.07) is -0.941. The predicted molar refractivity (Wildman–Crippen MR) is 272 cm³/mol. The van der Waals surface area contributed by atoms with E-state index in [1.54, 1.807) is 6.08 Å². The van der Waals surface area contributed by atoms with Crippen LogP contribution in [0.5, 0.6) is 0 Å². The summed E-state index contributed by atoms with van der Waals surface area (Å²) in [5.74, 6) is -0.265. The maximum Gasteiger partial charge on any atom is 0.220 e. The zero-order valence-corrected chi connectivity index (χ0v) is 42.8. The van der Waals surface area contributed by atoms with Crippen molar-refractivity contribution in [3.8, 4) is 0 Å². The number of rotatable bonds is 42. The minimum absolute atomic E-state index is 0.258. The molecule has 0 saturated carbocycles. The van der Waals surface area contributed by atoms with E-state index in [1.165, 1.54) is 103 Å². The van der Waals surface area contributed by atoms with E-state index in [-0.39, 0.29) is 18.9 Å². The van der Waals surface area contributed by atoms with Crippen LogP contribution in [0.3, 0.4) is 0 Å². The van der Waals surface area contributed by atoms with Gasteiger partial charge in [0.1, 0.15) is 48.8 Å². The van der Waals surface area contributed by atoms with Crippen LogP contribution in [0, 0.1) is 0 Å². The second kappa shape index (κ2) is 41.4. The van der Waals surface area contributed by atoms with E-state index in [4.69, 9.17) is 18.9 Å². The van der Waals surface area contributed by atoms with Gasteiger partial charge in [0.25, 0.3) is 0 Å². The lowest BCUT2D eigenvalue weighted by atomic mass is 9.97. The number of aliphatic hydroxyl groups is 8. The molecular formula is C55H99NO13. The van der Waals surface area contributed by atoms with Crippen LogP contribution in [0.25, 0.3) is 0 Å². The lowest BCUT2D eigenvalue weighted by Gasteiger charge is -2.46. The van der Waals surface area contributed by atoms with Crippen molar-refractivity contribution >= 4 is 5.91 Å². The molecule has 0 aliphatic carbocycles. The number of allylic oxidation sites excluding steroid dienone is 7. The first kappa shape index (κ1) is 63.1. The van der Waals surface area contributed by atoms with E-state index < -0.39 is 86.8 Å². The zero-order valence-electron chi connectivity index (χ0n) is 42.8. The predicted octanol–water partition coefficient (Wildman–Crippen LogP) is 8.05. The molecule has 0 spiro atoms. The molecule has 69 heavy (non-hydrogen) atoms. The molecule has 14 nitrogen and oxygen atoms in total. The maximum absolute atomic E-state index is 13.2. The van der Waals surface area contributed by atoms with Gasteiger partial charge in [-0.2, -0.15) is 0 Å². The number of nitrogens with one attached hydrogen (secondary N) is 1. The van der Waals surface area contributed by atoms with Crippen LogP contribution in [-0.4, -0.2) is 140 Å². The van der Waals surface area contributed by atoms with Gasteiger partial charge in [-0.25, -0.2) is 0 Å². The molecular weight excluding hydrogens is 883 g/mol. The van der Waals surface area contributed by atoms with Crippen molar-refractivity contribution in [2.45, 2.75) is 274 Å². The average molecular weight is 982 g/mol. The van der Waals surface area contributed by atoms with Gasteiger partial charge in [-0.05, 0) is 70.6 Å². The summed E-state index contributed by atoms with van der Waals surface area (Å²) in [6.45, 7) is 2.73. The number of carbonyl (C=O) groups is 1. The molecule has 2 heterocycles. The van der Waals surface area contributed by atoms with Gasteiger partial charge in [0, 0.05) is 6.42 Å². The van der Waals surface area contributed by atoms with Gasteiger partial charge in [0.05, 0.1) is 32.0 Å². The van der Waals surface area contributed by atoms with Crippen LogP contribution in [-0.2, 0) is 23.7 Å². The fraction of sp³-hybridized carbons (Fsp3) is 0.836.